The zero-order chi connectivity index (χ0) is 22.1. The minimum Gasteiger partial charge on any atom is -0.338 e. The van der Waals surface area contributed by atoms with Crippen molar-refractivity contribution >= 4 is 29.2 Å². The lowest BCUT2D eigenvalue weighted by atomic mass is 10.0. The second-order valence-corrected chi connectivity index (χ2v) is 8.79. The first-order valence-electron chi connectivity index (χ1n) is 11.0. The van der Waals surface area contributed by atoms with Crippen molar-refractivity contribution in [2.45, 2.75) is 38.3 Å². The highest BCUT2D eigenvalue weighted by molar-refractivity contribution is 6.30. The van der Waals surface area contributed by atoms with Crippen molar-refractivity contribution in [3.63, 3.8) is 0 Å². The van der Waals surface area contributed by atoms with Gasteiger partial charge >= 0.3 is 0 Å². The molecule has 1 amide bonds. The maximum atomic E-state index is 13.3. The van der Waals surface area contributed by atoms with Gasteiger partial charge in [-0.15, -0.1) is 0 Å². The third-order valence-corrected chi connectivity index (χ3v) is 6.54. The normalized spacial score (nSPS) is 20.6. The van der Waals surface area contributed by atoms with Crippen LogP contribution in [0.15, 0.2) is 60.7 Å². The summed E-state index contributed by atoms with van der Waals surface area (Å²) in [6, 6.07) is 17.8. The molecule has 32 heavy (non-hydrogen) atoms. The van der Waals surface area contributed by atoms with Crippen LogP contribution in [0.1, 0.15) is 43.4 Å². The van der Waals surface area contributed by atoms with E-state index in [1.807, 2.05) is 64.4 Å². The standard InChI is InChI=1S/C24H25ClN6O/c1-17-7-5-6-14-29(17)23(32)16-30-21(18-8-3-2-4-9-18)15-22(31-24(30)26-27-28-31)19-10-12-20(25)13-11-19/h2-4,8-13,15,17,22H,5-7,14,16H2,1H3/t17-,22-/m0/s1. The summed E-state index contributed by atoms with van der Waals surface area (Å²) in [7, 11) is 0. The number of anilines is 1. The van der Waals surface area contributed by atoms with E-state index in [9.17, 15) is 4.79 Å². The quantitative estimate of drug-likeness (QED) is 0.599. The van der Waals surface area contributed by atoms with Crippen LogP contribution in [0.2, 0.25) is 5.02 Å². The number of aromatic nitrogens is 4. The van der Waals surface area contributed by atoms with E-state index < -0.39 is 0 Å². The van der Waals surface area contributed by atoms with Crippen LogP contribution >= 0.6 is 11.6 Å². The van der Waals surface area contributed by atoms with Crippen LogP contribution in [0, 0.1) is 0 Å². The monoisotopic (exact) mass is 448 g/mol. The average molecular weight is 449 g/mol. The number of halogens is 1. The van der Waals surface area contributed by atoms with E-state index in [1.54, 1.807) is 4.68 Å². The Morgan fingerprint density at radius 2 is 1.88 bits per heavy atom. The summed E-state index contributed by atoms with van der Waals surface area (Å²) in [5.74, 6) is 0.655. The van der Waals surface area contributed by atoms with E-state index in [-0.39, 0.29) is 24.5 Å². The minimum absolute atomic E-state index is 0.0959. The number of tetrazole rings is 1. The van der Waals surface area contributed by atoms with Gasteiger partial charge in [0.15, 0.2) is 0 Å². The maximum absolute atomic E-state index is 13.3. The Balaban J connectivity index is 1.55. The van der Waals surface area contributed by atoms with Crippen LogP contribution in [0.3, 0.4) is 0 Å². The summed E-state index contributed by atoms with van der Waals surface area (Å²) in [6.07, 6.45) is 5.39. The molecule has 3 aromatic rings. The highest BCUT2D eigenvalue weighted by Crippen LogP contribution is 2.36. The SMILES string of the molecule is C[C@H]1CCCCN1C(=O)CN1C(c2ccccc2)=C[C@@H](c2ccc(Cl)cc2)n2nnnc21. The summed E-state index contributed by atoms with van der Waals surface area (Å²) in [5, 5.41) is 13.2. The fraction of sp³-hybridized carbons (Fsp3) is 0.333. The molecule has 1 aromatic heterocycles. The first-order valence-corrected chi connectivity index (χ1v) is 11.4. The number of amides is 1. The lowest BCUT2D eigenvalue weighted by molar-refractivity contribution is -0.132. The Labute approximate surface area is 192 Å². The van der Waals surface area contributed by atoms with Crippen LogP contribution in [0.25, 0.3) is 5.70 Å². The van der Waals surface area contributed by atoms with Crippen molar-refractivity contribution in [3.8, 4) is 0 Å². The van der Waals surface area contributed by atoms with Crippen LogP contribution in [-0.2, 0) is 4.79 Å². The fourth-order valence-electron chi connectivity index (χ4n) is 4.57. The fourth-order valence-corrected chi connectivity index (χ4v) is 4.70. The first kappa shape index (κ1) is 20.7. The molecule has 7 nitrogen and oxygen atoms in total. The van der Waals surface area contributed by atoms with Gasteiger partial charge in [-0.3, -0.25) is 9.69 Å². The molecule has 8 heteroatoms. The second-order valence-electron chi connectivity index (χ2n) is 8.36. The molecule has 164 valence electrons. The number of carbonyl (C=O) groups excluding carboxylic acids is 1. The molecule has 5 rings (SSSR count). The number of hydrogen-bond acceptors (Lipinski definition) is 5. The van der Waals surface area contributed by atoms with Crippen LogP contribution < -0.4 is 4.90 Å². The molecule has 2 aromatic carbocycles. The van der Waals surface area contributed by atoms with E-state index in [2.05, 4.69) is 28.5 Å². The molecular weight excluding hydrogens is 424 g/mol. The Hall–Kier alpha value is -3.19. The summed E-state index contributed by atoms with van der Waals surface area (Å²) in [4.78, 5) is 17.3. The summed E-state index contributed by atoms with van der Waals surface area (Å²) in [6.45, 7) is 3.12. The number of allylic oxidation sites excluding steroid dienone is 1. The third kappa shape index (κ3) is 3.88. The van der Waals surface area contributed by atoms with Gasteiger partial charge in [0.2, 0.25) is 5.91 Å². The molecule has 0 unspecified atom stereocenters. The molecule has 0 saturated carbocycles. The molecule has 2 aliphatic rings. The second kappa shape index (κ2) is 8.74. The lowest BCUT2D eigenvalue weighted by Crippen LogP contribution is -2.47. The summed E-state index contributed by atoms with van der Waals surface area (Å²) < 4.78 is 1.77. The number of carbonyl (C=O) groups is 1. The molecule has 0 radical (unpaired) electrons. The van der Waals surface area contributed by atoms with E-state index in [0.717, 1.165) is 36.2 Å². The van der Waals surface area contributed by atoms with Crippen LogP contribution in [0.4, 0.5) is 5.95 Å². The molecule has 0 N–H and O–H groups in total. The number of rotatable bonds is 4. The Morgan fingerprint density at radius 1 is 1.09 bits per heavy atom. The van der Waals surface area contributed by atoms with Crippen LogP contribution in [0.5, 0.6) is 0 Å². The number of hydrogen-bond donors (Lipinski definition) is 0. The smallest absolute Gasteiger partial charge is 0.251 e. The summed E-state index contributed by atoms with van der Waals surface area (Å²) in [5.41, 5.74) is 2.96. The topological polar surface area (TPSA) is 67.2 Å². The highest BCUT2D eigenvalue weighted by Gasteiger charge is 2.34. The van der Waals surface area contributed by atoms with Crippen molar-refractivity contribution < 1.29 is 4.79 Å². The molecule has 0 aliphatic carbocycles. The van der Waals surface area contributed by atoms with Gasteiger partial charge in [0.25, 0.3) is 5.95 Å². The zero-order valence-corrected chi connectivity index (χ0v) is 18.7. The Morgan fingerprint density at radius 3 is 2.62 bits per heavy atom. The first-order chi connectivity index (χ1) is 15.6. The Bertz CT molecular complexity index is 1130. The lowest BCUT2D eigenvalue weighted by Gasteiger charge is -2.37. The van der Waals surface area contributed by atoms with Gasteiger partial charge in [0.1, 0.15) is 12.6 Å². The summed E-state index contributed by atoms with van der Waals surface area (Å²) >= 11 is 6.11. The van der Waals surface area contributed by atoms with E-state index in [1.165, 1.54) is 6.42 Å². The van der Waals surface area contributed by atoms with Gasteiger partial charge < -0.3 is 4.90 Å². The molecule has 0 bridgehead atoms. The number of benzene rings is 2. The van der Waals surface area contributed by atoms with Gasteiger partial charge in [0.05, 0.1) is 5.70 Å². The number of fused-ring (bicyclic) bond motifs is 1. The van der Waals surface area contributed by atoms with Crippen molar-refractivity contribution in [2.24, 2.45) is 0 Å². The van der Waals surface area contributed by atoms with Crippen molar-refractivity contribution in [3.05, 3.63) is 76.8 Å². The van der Waals surface area contributed by atoms with Gasteiger partial charge in [-0.25, -0.2) is 0 Å². The van der Waals surface area contributed by atoms with Crippen molar-refractivity contribution in [1.29, 1.82) is 0 Å². The highest BCUT2D eigenvalue weighted by atomic mass is 35.5. The van der Waals surface area contributed by atoms with Crippen molar-refractivity contribution in [1.82, 2.24) is 25.1 Å². The predicted octanol–water partition coefficient (Wildman–Crippen LogP) is 4.18. The van der Waals surface area contributed by atoms with E-state index >= 15 is 0 Å². The number of piperidine rings is 1. The number of likely N-dealkylation sites (tertiary alicyclic amines) is 1. The van der Waals surface area contributed by atoms with Crippen molar-refractivity contribution in [2.75, 3.05) is 18.0 Å². The van der Waals surface area contributed by atoms with Gasteiger partial charge in [-0.1, -0.05) is 59.2 Å². The predicted molar refractivity (Wildman–Crippen MR) is 124 cm³/mol. The molecule has 2 aliphatic heterocycles. The van der Waals surface area contributed by atoms with Gasteiger partial charge in [-0.2, -0.15) is 4.68 Å². The molecule has 0 spiro atoms. The number of nitrogens with zero attached hydrogens (tertiary/aromatic N) is 6. The van der Waals surface area contributed by atoms with Gasteiger partial charge in [0, 0.05) is 17.6 Å². The zero-order valence-electron chi connectivity index (χ0n) is 17.9. The molecule has 1 saturated heterocycles. The molecule has 2 atom stereocenters. The molecule has 1 fully saturated rings. The molecular formula is C24H25ClN6O. The van der Waals surface area contributed by atoms with Crippen LogP contribution in [-0.4, -0.2) is 50.1 Å². The van der Waals surface area contributed by atoms with E-state index in [4.69, 9.17) is 11.6 Å². The third-order valence-electron chi connectivity index (χ3n) is 6.28. The largest absolute Gasteiger partial charge is 0.338 e. The Kier molecular flexibility index (Phi) is 5.66. The average Bonchev–Trinajstić information content (AvgIpc) is 3.31. The van der Waals surface area contributed by atoms with E-state index in [0.29, 0.717) is 11.0 Å². The molecule has 3 heterocycles. The maximum Gasteiger partial charge on any atom is 0.251 e. The van der Waals surface area contributed by atoms with Gasteiger partial charge in [-0.05, 0) is 65.9 Å². The minimum atomic E-state index is -0.201.